The van der Waals surface area contributed by atoms with Gasteiger partial charge < -0.3 is 24.8 Å². The Labute approximate surface area is 178 Å². The number of hydrogen-bond donors (Lipinski definition) is 2. The van der Waals surface area contributed by atoms with E-state index in [-0.39, 0.29) is 12.1 Å². The average molecular weight is 413 g/mol. The third kappa shape index (κ3) is 5.98. The molecule has 0 spiro atoms. The summed E-state index contributed by atoms with van der Waals surface area (Å²) < 4.78 is 7.22. The number of likely N-dealkylation sites (tertiary alicyclic amines) is 1. The number of aromatic nitrogens is 2. The van der Waals surface area contributed by atoms with Gasteiger partial charge in [0.25, 0.3) is 0 Å². The number of piperidine rings is 1. The first-order valence-corrected chi connectivity index (χ1v) is 10.5. The van der Waals surface area contributed by atoms with Gasteiger partial charge in [0.05, 0.1) is 6.61 Å². The first-order chi connectivity index (χ1) is 14.6. The highest BCUT2D eigenvalue weighted by Gasteiger charge is 2.24. The second-order valence-corrected chi connectivity index (χ2v) is 7.45. The lowest BCUT2D eigenvalue weighted by Gasteiger charge is -2.32. The minimum absolute atomic E-state index is 0.218. The second-order valence-electron chi connectivity index (χ2n) is 7.45. The summed E-state index contributed by atoms with van der Waals surface area (Å²) >= 11 is 0. The molecule has 30 heavy (non-hydrogen) atoms. The fourth-order valence-corrected chi connectivity index (χ4v) is 3.60. The molecule has 0 unspecified atom stereocenters. The number of imidazole rings is 1. The number of nitrogens with zero attached hydrogens (tertiary/aromatic N) is 4. The third-order valence-electron chi connectivity index (χ3n) is 5.31. The number of ether oxygens (including phenoxy) is 1. The van der Waals surface area contributed by atoms with E-state index in [2.05, 4.69) is 49.4 Å². The van der Waals surface area contributed by atoms with E-state index in [4.69, 9.17) is 4.74 Å². The summed E-state index contributed by atoms with van der Waals surface area (Å²) in [7, 11) is 1.78. The van der Waals surface area contributed by atoms with E-state index in [1.54, 1.807) is 11.9 Å². The Balaban J connectivity index is 1.47. The fraction of sp³-hybridized carbons (Fsp3) is 0.500. The van der Waals surface area contributed by atoms with Crippen molar-refractivity contribution in [3.8, 4) is 0 Å². The van der Waals surface area contributed by atoms with Crippen LogP contribution in [0.15, 0.2) is 41.7 Å². The molecule has 0 bridgehead atoms. The number of carbonyl (C=O) groups is 1. The maximum Gasteiger partial charge on any atom is 0.409 e. The molecule has 8 nitrogen and oxygen atoms in total. The highest BCUT2D eigenvalue weighted by Crippen LogP contribution is 2.12. The maximum atomic E-state index is 11.8. The van der Waals surface area contributed by atoms with Crippen molar-refractivity contribution in [2.45, 2.75) is 45.8 Å². The van der Waals surface area contributed by atoms with Crippen molar-refractivity contribution in [3.05, 3.63) is 53.6 Å². The summed E-state index contributed by atoms with van der Waals surface area (Å²) in [6, 6.07) is 8.82. The molecule has 1 amide bonds. The fourth-order valence-electron chi connectivity index (χ4n) is 3.60. The topological polar surface area (TPSA) is 83.8 Å². The average Bonchev–Trinajstić information content (AvgIpc) is 3.16. The molecule has 2 aromatic rings. The van der Waals surface area contributed by atoms with Gasteiger partial charge in [-0.25, -0.2) is 9.78 Å². The van der Waals surface area contributed by atoms with Gasteiger partial charge in [-0.3, -0.25) is 4.99 Å². The van der Waals surface area contributed by atoms with Crippen LogP contribution in [0.25, 0.3) is 0 Å². The molecule has 0 atom stereocenters. The van der Waals surface area contributed by atoms with E-state index in [1.165, 1.54) is 11.1 Å². The highest BCUT2D eigenvalue weighted by molar-refractivity contribution is 5.80. The van der Waals surface area contributed by atoms with Crippen molar-refractivity contribution < 1.29 is 9.53 Å². The van der Waals surface area contributed by atoms with Gasteiger partial charge in [0.1, 0.15) is 5.82 Å². The normalized spacial score (nSPS) is 15.2. The lowest BCUT2D eigenvalue weighted by atomic mass is 10.1. The number of rotatable bonds is 6. The molecule has 0 saturated carbocycles. The minimum Gasteiger partial charge on any atom is -0.450 e. The molecule has 1 aromatic heterocycles. The maximum absolute atomic E-state index is 11.8. The van der Waals surface area contributed by atoms with Crippen LogP contribution in [0.1, 0.15) is 36.7 Å². The summed E-state index contributed by atoms with van der Waals surface area (Å²) in [6.07, 6.45) is 5.36. The quantitative estimate of drug-likeness (QED) is 0.563. The predicted octanol–water partition coefficient (Wildman–Crippen LogP) is 2.53. The molecule has 162 valence electrons. The summed E-state index contributed by atoms with van der Waals surface area (Å²) in [4.78, 5) is 22.2. The van der Waals surface area contributed by atoms with Gasteiger partial charge in [0.15, 0.2) is 5.96 Å². The molecule has 1 aliphatic heterocycles. The second kappa shape index (κ2) is 10.7. The molecule has 1 saturated heterocycles. The van der Waals surface area contributed by atoms with Crippen LogP contribution in [0, 0.1) is 6.92 Å². The Hall–Kier alpha value is -3.03. The summed E-state index contributed by atoms with van der Waals surface area (Å²) in [6.45, 7) is 7.15. The van der Waals surface area contributed by atoms with Crippen molar-refractivity contribution in [1.29, 1.82) is 0 Å². The van der Waals surface area contributed by atoms with E-state index in [0.29, 0.717) is 26.2 Å². The number of carbonyl (C=O) groups excluding carboxylic acids is 1. The molecular formula is C22H32N6O2. The molecule has 2 heterocycles. The SMILES string of the molecule is CCOC(=O)N1CCC(NC(=NC)NCc2cccc(Cn3ccnc3C)c2)CC1. The summed E-state index contributed by atoms with van der Waals surface area (Å²) in [5.74, 6) is 1.79. The number of amides is 1. The van der Waals surface area contributed by atoms with Crippen LogP contribution in [0.5, 0.6) is 0 Å². The van der Waals surface area contributed by atoms with Crippen molar-refractivity contribution >= 4 is 12.1 Å². The van der Waals surface area contributed by atoms with Crippen molar-refractivity contribution in [2.75, 3.05) is 26.7 Å². The molecule has 1 aliphatic rings. The minimum atomic E-state index is -0.218. The number of aryl methyl sites for hydroxylation is 1. The van der Waals surface area contributed by atoms with Crippen LogP contribution in [0.3, 0.4) is 0 Å². The lowest BCUT2D eigenvalue weighted by molar-refractivity contribution is 0.0963. The van der Waals surface area contributed by atoms with Crippen LogP contribution >= 0.6 is 0 Å². The predicted molar refractivity (Wildman–Crippen MR) is 117 cm³/mol. The standard InChI is InChI=1S/C22H32N6O2/c1-4-30-22(29)27-11-8-20(9-12-27)26-21(23-3)25-15-18-6-5-7-19(14-18)16-28-13-10-24-17(28)2/h5-7,10,13-14,20H,4,8-9,11-12,15-16H2,1-3H3,(H2,23,25,26). The van der Waals surface area contributed by atoms with Crippen LogP contribution in [-0.4, -0.2) is 59.3 Å². The first-order valence-electron chi connectivity index (χ1n) is 10.5. The Kier molecular flexibility index (Phi) is 7.70. The van der Waals surface area contributed by atoms with Gasteiger partial charge in [-0.05, 0) is 37.8 Å². The largest absolute Gasteiger partial charge is 0.450 e. The van der Waals surface area contributed by atoms with Gasteiger partial charge in [-0.2, -0.15) is 0 Å². The Morgan fingerprint density at radius 3 is 2.73 bits per heavy atom. The molecule has 3 rings (SSSR count). The highest BCUT2D eigenvalue weighted by atomic mass is 16.6. The zero-order valence-electron chi connectivity index (χ0n) is 18.1. The van der Waals surface area contributed by atoms with E-state index in [9.17, 15) is 4.79 Å². The Morgan fingerprint density at radius 2 is 2.07 bits per heavy atom. The monoisotopic (exact) mass is 412 g/mol. The summed E-state index contributed by atoms with van der Waals surface area (Å²) in [5.41, 5.74) is 2.44. The van der Waals surface area contributed by atoms with Crippen LogP contribution in [0.4, 0.5) is 4.79 Å². The lowest BCUT2D eigenvalue weighted by Crippen LogP contribution is -2.49. The number of nitrogens with one attached hydrogen (secondary N) is 2. The molecule has 2 N–H and O–H groups in total. The Morgan fingerprint density at radius 1 is 1.30 bits per heavy atom. The molecule has 1 aromatic carbocycles. The van der Waals surface area contributed by atoms with Crippen molar-refractivity contribution in [3.63, 3.8) is 0 Å². The smallest absolute Gasteiger partial charge is 0.409 e. The van der Waals surface area contributed by atoms with Gasteiger partial charge in [0.2, 0.25) is 0 Å². The van der Waals surface area contributed by atoms with Crippen LogP contribution < -0.4 is 10.6 Å². The molecule has 0 aliphatic carbocycles. The van der Waals surface area contributed by atoms with E-state index < -0.39 is 0 Å². The van der Waals surface area contributed by atoms with Crippen molar-refractivity contribution in [1.82, 2.24) is 25.1 Å². The summed E-state index contributed by atoms with van der Waals surface area (Å²) in [5, 5.41) is 6.87. The molecular weight excluding hydrogens is 380 g/mol. The molecule has 0 radical (unpaired) electrons. The zero-order chi connectivity index (χ0) is 21.3. The molecule has 1 fully saturated rings. The Bertz CT molecular complexity index is 855. The molecule has 8 heteroatoms. The number of guanidine groups is 1. The van der Waals surface area contributed by atoms with Gasteiger partial charge in [-0.15, -0.1) is 0 Å². The van der Waals surface area contributed by atoms with Gasteiger partial charge in [0, 0.05) is 51.7 Å². The van der Waals surface area contributed by atoms with Crippen molar-refractivity contribution in [2.24, 2.45) is 4.99 Å². The van der Waals surface area contributed by atoms with Crippen LogP contribution in [-0.2, 0) is 17.8 Å². The number of hydrogen-bond acceptors (Lipinski definition) is 4. The number of aliphatic imine (C=N–C) groups is 1. The van der Waals surface area contributed by atoms with Gasteiger partial charge >= 0.3 is 6.09 Å². The van der Waals surface area contributed by atoms with E-state index in [1.807, 2.05) is 26.2 Å². The van der Waals surface area contributed by atoms with Crippen LogP contribution in [0.2, 0.25) is 0 Å². The zero-order valence-corrected chi connectivity index (χ0v) is 18.1. The first kappa shape index (κ1) is 21.7. The third-order valence-corrected chi connectivity index (χ3v) is 5.31. The van der Waals surface area contributed by atoms with Gasteiger partial charge in [-0.1, -0.05) is 24.3 Å². The van der Waals surface area contributed by atoms with E-state index >= 15 is 0 Å². The number of benzene rings is 1. The van der Waals surface area contributed by atoms with E-state index in [0.717, 1.165) is 31.2 Å².